The molecule has 0 bridgehead atoms. The van der Waals surface area contributed by atoms with Crippen molar-refractivity contribution in [2.45, 2.75) is 25.7 Å². The summed E-state index contributed by atoms with van der Waals surface area (Å²) < 4.78 is 0. The molecule has 1 heterocycles. The Morgan fingerprint density at radius 2 is 1.79 bits per heavy atom. The molecule has 2 aromatic carbocycles. The van der Waals surface area contributed by atoms with Crippen LogP contribution in [0.4, 0.5) is 11.4 Å². The third kappa shape index (κ3) is 4.22. The number of carbonyl (C=O) groups is 1. The van der Waals surface area contributed by atoms with Gasteiger partial charge in [-0.1, -0.05) is 41.4 Å². The molecule has 0 radical (unpaired) electrons. The molecule has 3 nitrogen and oxygen atoms in total. The zero-order valence-corrected chi connectivity index (χ0v) is 14.9. The Morgan fingerprint density at radius 1 is 1.04 bits per heavy atom. The van der Waals surface area contributed by atoms with Crippen LogP contribution in [0.1, 0.15) is 24.8 Å². The highest BCUT2D eigenvalue weighted by Crippen LogP contribution is 2.29. The van der Waals surface area contributed by atoms with E-state index in [1.807, 2.05) is 18.2 Å². The standard InChI is InChI=1S/C19H20Cl2N2O/c20-15-9-8-14(16(21)13-15)12-19(24)22-17-6-2-3-7-18(17)23-10-4-1-5-11-23/h2-3,6-9,13H,1,4-5,10-12H2,(H,22,24). The number of carbonyl (C=O) groups excluding carboxylic acids is 1. The van der Waals surface area contributed by atoms with Gasteiger partial charge < -0.3 is 10.2 Å². The van der Waals surface area contributed by atoms with E-state index in [1.54, 1.807) is 18.2 Å². The first-order chi connectivity index (χ1) is 11.6. The molecule has 0 saturated carbocycles. The predicted octanol–water partition coefficient (Wildman–Crippen LogP) is 5.16. The maximum Gasteiger partial charge on any atom is 0.228 e. The molecule has 2 aromatic rings. The summed E-state index contributed by atoms with van der Waals surface area (Å²) in [4.78, 5) is 14.8. The normalized spacial score (nSPS) is 14.5. The molecule has 126 valence electrons. The number of amides is 1. The van der Waals surface area contributed by atoms with E-state index >= 15 is 0 Å². The third-order valence-corrected chi connectivity index (χ3v) is 4.83. The van der Waals surface area contributed by atoms with Gasteiger partial charge in [-0.2, -0.15) is 0 Å². The van der Waals surface area contributed by atoms with E-state index in [2.05, 4.69) is 16.3 Å². The number of nitrogens with zero attached hydrogens (tertiary/aromatic N) is 1. The monoisotopic (exact) mass is 362 g/mol. The predicted molar refractivity (Wildman–Crippen MR) is 101 cm³/mol. The molecule has 1 amide bonds. The highest BCUT2D eigenvalue weighted by Gasteiger charge is 2.16. The van der Waals surface area contributed by atoms with Gasteiger partial charge in [0.2, 0.25) is 5.91 Å². The van der Waals surface area contributed by atoms with E-state index in [9.17, 15) is 4.79 Å². The lowest BCUT2D eigenvalue weighted by Gasteiger charge is -2.30. The smallest absolute Gasteiger partial charge is 0.228 e. The molecule has 1 N–H and O–H groups in total. The Hall–Kier alpha value is -1.71. The molecule has 1 saturated heterocycles. The molecular formula is C19H20Cl2N2O. The van der Waals surface area contributed by atoms with Crippen molar-refractivity contribution in [1.82, 2.24) is 0 Å². The Kier molecular flexibility index (Phi) is 5.64. The van der Waals surface area contributed by atoms with Crippen molar-refractivity contribution >= 4 is 40.5 Å². The number of rotatable bonds is 4. The molecule has 0 atom stereocenters. The van der Waals surface area contributed by atoms with Crippen molar-refractivity contribution in [3.63, 3.8) is 0 Å². The Bertz CT molecular complexity index is 727. The summed E-state index contributed by atoms with van der Waals surface area (Å²) >= 11 is 12.1. The molecular weight excluding hydrogens is 343 g/mol. The van der Waals surface area contributed by atoms with Crippen LogP contribution in [-0.4, -0.2) is 19.0 Å². The summed E-state index contributed by atoms with van der Waals surface area (Å²) in [6.07, 6.45) is 3.90. The average molecular weight is 363 g/mol. The van der Waals surface area contributed by atoms with Crippen molar-refractivity contribution in [1.29, 1.82) is 0 Å². The topological polar surface area (TPSA) is 32.3 Å². The fraction of sp³-hybridized carbons (Fsp3) is 0.316. The summed E-state index contributed by atoms with van der Waals surface area (Å²) in [6.45, 7) is 2.08. The van der Waals surface area contributed by atoms with Crippen molar-refractivity contribution < 1.29 is 4.79 Å². The Labute approximate surface area is 152 Å². The molecule has 0 aliphatic carbocycles. The van der Waals surface area contributed by atoms with Crippen LogP contribution in [0.5, 0.6) is 0 Å². The zero-order chi connectivity index (χ0) is 16.9. The summed E-state index contributed by atoms with van der Waals surface area (Å²) in [5.74, 6) is -0.0799. The number of hydrogen-bond acceptors (Lipinski definition) is 2. The zero-order valence-electron chi connectivity index (χ0n) is 13.4. The van der Waals surface area contributed by atoms with Gasteiger partial charge in [-0.15, -0.1) is 0 Å². The molecule has 1 aliphatic heterocycles. The lowest BCUT2D eigenvalue weighted by molar-refractivity contribution is -0.115. The van der Waals surface area contributed by atoms with Crippen molar-refractivity contribution in [3.8, 4) is 0 Å². The number of benzene rings is 2. The minimum atomic E-state index is -0.0799. The van der Waals surface area contributed by atoms with Gasteiger partial charge in [-0.3, -0.25) is 4.79 Å². The number of anilines is 2. The van der Waals surface area contributed by atoms with E-state index in [4.69, 9.17) is 23.2 Å². The first-order valence-corrected chi connectivity index (χ1v) is 8.97. The van der Waals surface area contributed by atoms with Crippen LogP contribution in [0.15, 0.2) is 42.5 Å². The number of hydrogen-bond donors (Lipinski definition) is 1. The minimum Gasteiger partial charge on any atom is -0.370 e. The van der Waals surface area contributed by atoms with Gasteiger partial charge in [0.15, 0.2) is 0 Å². The lowest BCUT2D eigenvalue weighted by Crippen LogP contribution is -2.30. The number of para-hydroxylation sites is 2. The van der Waals surface area contributed by atoms with Crippen molar-refractivity contribution in [2.75, 3.05) is 23.3 Å². The quantitative estimate of drug-likeness (QED) is 0.813. The van der Waals surface area contributed by atoms with Gasteiger partial charge in [-0.25, -0.2) is 0 Å². The van der Waals surface area contributed by atoms with Gasteiger partial charge in [0, 0.05) is 23.1 Å². The summed E-state index contributed by atoms with van der Waals surface area (Å²) in [6, 6.07) is 13.2. The molecule has 3 rings (SSSR count). The number of nitrogens with one attached hydrogen (secondary N) is 1. The SMILES string of the molecule is O=C(Cc1ccc(Cl)cc1Cl)Nc1ccccc1N1CCCCC1. The van der Waals surface area contributed by atoms with Crippen LogP contribution in [-0.2, 0) is 11.2 Å². The van der Waals surface area contributed by atoms with Crippen LogP contribution in [0.3, 0.4) is 0 Å². The largest absolute Gasteiger partial charge is 0.370 e. The second-order valence-electron chi connectivity index (χ2n) is 6.03. The highest BCUT2D eigenvalue weighted by atomic mass is 35.5. The molecule has 5 heteroatoms. The van der Waals surface area contributed by atoms with E-state index in [0.717, 1.165) is 30.0 Å². The number of halogens is 2. The van der Waals surface area contributed by atoms with Gasteiger partial charge in [0.1, 0.15) is 0 Å². The molecule has 1 aliphatic rings. The number of piperidine rings is 1. The second-order valence-corrected chi connectivity index (χ2v) is 6.87. The van der Waals surface area contributed by atoms with E-state index < -0.39 is 0 Å². The lowest BCUT2D eigenvalue weighted by atomic mass is 10.1. The third-order valence-electron chi connectivity index (χ3n) is 4.24. The molecule has 1 fully saturated rings. The van der Waals surface area contributed by atoms with E-state index in [1.165, 1.54) is 19.3 Å². The minimum absolute atomic E-state index is 0.0799. The first kappa shape index (κ1) is 17.1. The maximum atomic E-state index is 12.4. The highest BCUT2D eigenvalue weighted by molar-refractivity contribution is 6.35. The van der Waals surface area contributed by atoms with E-state index in [0.29, 0.717) is 10.0 Å². The van der Waals surface area contributed by atoms with Crippen molar-refractivity contribution in [3.05, 3.63) is 58.1 Å². The van der Waals surface area contributed by atoms with Gasteiger partial charge in [0.05, 0.1) is 17.8 Å². The molecule has 0 unspecified atom stereocenters. The van der Waals surface area contributed by atoms with Gasteiger partial charge in [-0.05, 0) is 49.1 Å². The van der Waals surface area contributed by atoms with Crippen LogP contribution < -0.4 is 10.2 Å². The van der Waals surface area contributed by atoms with Gasteiger partial charge >= 0.3 is 0 Å². The maximum absolute atomic E-state index is 12.4. The van der Waals surface area contributed by atoms with Crippen LogP contribution >= 0.6 is 23.2 Å². The fourth-order valence-electron chi connectivity index (χ4n) is 3.02. The fourth-order valence-corrected chi connectivity index (χ4v) is 3.50. The van der Waals surface area contributed by atoms with Gasteiger partial charge in [0.25, 0.3) is 0 Å². The average Bonchev–Trinajstić information content (AvgIpc) is 2.59. The Morgan fingerprint density at radius 3 is 2.54 bits per heavy atom. The van der Waals surface area contributed by atoms with Crippen molar-refractivity contribution in [2.24, 2.45) is 0 Å². The summed E-state index contributed by atoms with van der Waals surface area (Å²) in [7, 11) is 0. The Balaban J connectivity index is 1.72. The van der Waals surface area contributed by atoms with Crippen LogP contribution in [0.2, 0.25) is 10.0 Å². The second kappa shape index (κ2) is 7.91. The van der Waals surface area contributed by atoms with E-state index in [-0.39, 0.29) is 12.3 Å². The van der Waals surface area contributed by atoms with Crippen LogP contribution in [0, 0.1) is 0 Å². The molecule has 0 aromatic heterocycles. The molecule has 0 spiro atoms. The van der Waals surface area contributed by atoms with Crippen LogP contribution in [0.25, 0.3) is 0 Å². The first-order valence-electron chi connectivity index (χ1n) is 8.21. The molecule has 24 heavy (non-hydrogen) atoms. The summed E-state index contributed by atoms with van der Waals surface area (Å²) in [5, 5.41) is 4.11. The summed E-state index contributed by atoms with van der Waals surface area (Å²) in [5.41, 5.74) is 2.72.